The van der Waals surface area contributed by atoms with Crippen LogP contribution >= 0.6 is 0 Å². The summed E-state index contributed by atoms with van der Waals surface area (Å²) >= 11 is 0. The van der Waals surface area contributed by atoms with Crippen LogP contribution in [0.15, 0.2) is 0 Å². The maximum atomic E-state index is 6.08. The fraction of sp³-hybridized carbons (Fsp3) is 1.00. The lowest BCUT2D eigenvalue weighted by Crippen LogP contribution is -2.47. The summed E-state index contributed by atoms with van der Waals surface area (Å²) in [7, 11) is 0. The van der Waals surface area contributed by atoms with Gasteiger partial charge in [0.25, 0.3) is 0 Å². The van der Waals surface area contributed by atoms with Crippen molar-refractivity contribution in [1.82, 2.24) is 0 Å². The van der Waals surface area contributed by atoms with Crippen molar-refractivity contribution in [2.75, 3.05) is 0 Å². The molecular formula is C11H20O2. The van der Waals surface area contributed by atoms with Crippen LogP contribution in [-0.2, 0) is 9.47 Å². The molecule has 0 aromatic rings. The first-order valence-corrected chi connectivity index (χ1v) is 5.38. The fourth-order valence-electron chi connectivity index (χ4n) is 3.12. The van der Waals surface area contributed by atoms with Crippen LogP contribution in [0.2, 0.25) is 0 Å². The SMILES string of the molecule is CC[C@@]12OC(C)C[C@](C)(C[C@@H]1C)O2. The second-order valence-corrected chi connectivity index (χ2v) is 4.96. The second-order valence-electron chi connectivity index (χ2n) is 4.96. The van der Waals surface area contributed by atoms with E-state index in [2.05, 4.69) is 27.7 Å². The molecule has 2 nitrogen and oxygen atoms in total. The predicted molar refractivity (Wildman–Crippen MR) is 51.5 cm³/mol. The van der Waals surface area contributed by atoms with Gasteiger partial charge in [-0.05, 0) is 26.7 Å². The highest BCUT2D eigenvalue weighted by Crippen LogP contribution is 2.51. The first-order chi connectivity index (χ1) is 6.00. The third-order valence-corrected chi connectivity index (χ3v) is 3.52. The first-order valence-electron chi connectivity index (χ1n) is 5.38. The van der Waals surface area contributed by atoms with Gasteiger partial charge in [-0.25, -0.2) is 0 Å². The van der Waals surface area contributed by atoms with Crippen molar-refractivity contribution < 1.29 is 9.47 Å². The topological polar surface area (TPSA) is 18.5 Å². The molecule has 0 aliphatic carbocycles. The largest absolute Gasteiger partial charge is 0.347 e. The molecule has 0 aromatic heterocycles. The Morgan fingerprint density at radius 1 is 1.31 bits per heavy atom. The van der Waals surface area contributed by atoms with Gasteiger partial charge in [-0.3, -0.25) is 0 Å². The molecule has 2 rings (SSSR count). The number of hydrogen-bond acceptors (Lipinski definition) is 2. The van der Waals surface area contributed by atoms with Gasteiger partial charge in [0.15, 0.2) is 5.79 Å². The van der Waals surface area contributed by atoms with Gasteiger partial charge in [0.1, 0.15) is 0 Å². The summed E-state index contributed by atoms with van der Waals surface area (Å²) in [5.74, 6) is 0.263. The van der Waals surface area contributed by atoms with E-state index >= 15 is 0 Å². The van der Waals surface area contributed by atoms with Crippen molar-refractivity contribution in [3.63, 3.8) is 0 Å². The molecule has 2 saturated heterocycles. The summed E-state index contributed by atoms with van der Waals surface area (Å²) in [5, 5.41) is 0. The smallest absolute Gasteiger partial charge is 0.171 e. The highest BCUT2D eigenvalue weighted by atomic mass is 16.7. The van der Waals surface area contributed by atoms with Gasteiger partial charge in [0.05, 0.1) is 11.7 Å². The maximum Gasteiger partial charge on any atom is 0.171 e. The van der Waals surface area contributed by atoms with E-state index < -0.39 is 0 Å². The van der Waals surface area contributed by atoms with E-state index in [1.807, 2.05) is 0 Å². The lowest BCUT2D eigenvalue weighted by molar-refractivity contribution is -0.318. The lowest BCUT2D eigenvalue weighted by Gasteiger charge is -2.42. The van der Waals surface area contributed by atoms with Crippen molar-refractivity contribution in [3.05, 3.63) is 0 Å². The second kappa shape index (κ2) is 2.71. The van der Waals surface area contributed by atoms with Crippen molar-refractivity contribution in [2.24, 2.45) is 5.92 Å². The monoisotopic (exact) mass is 184 g/mol. The molecule has 76 valence electrons. The Balaban J connectivity index is 2.28. The molecule has 0 amide bonds. The van der Waals surface area contributed by atoms with Crippen molar-refractivity contribution in [1.29, 1.82) is 0 Å². The van der Waals surface area contributed by atoms with Crippen LogP contribution in [0.25, 0.3) is 0 Å². The normalized spacial score (nSPS) is 55.4. The molecule has 0 aromatic carbocycles. The van der Waals surface area contributed by atoms with Crippen LogP contribution < -0.4 is 0 Å². The zero-order chi connectivity index (χ0) is 9.69. The Kier molecular flexibility index (Phi) is 1.97. The molecule has 4 atom stereocenters. The van der Waals surface area contributed by atoms with E-state index in [0.717, 1.165) is 19.3 Å². The summed E-state index contributed by atoms with van der Waals surface area (Å²) < 4.78 is 12.1. The van der Waals surface area contributed by atoms with Gasteiger partial charge < -0.3 is 9.47 Å². The van der Waals surface area contributed by atoms with Gasteiger partial charge >= 0.3 is 0 Å². The van der Waals surface area contributed by atoms with Crippen molar-refractivity contribution in [2.45, 2.75) is 64.4 Å². The minimum Gasteiger partial charge on any atom is -0.347 e. The average Bonchev–Trinajstić information content (AvgIpc) is 2.18. The number of hydrogen-bond donors (Lipinski definition) is 0. The average molecular weight is 184 g/mol. The highest BCUT2D eigenvalue weighted by molar-refractivity contribution is 4.98. The minimum absolute atomic E-state index is 0.0765. The Labute approximate surface area is 80.6 Å². The van der Waals surface area contributed by atoms with Crippen molar-refractivity contribution in [3.8, 4) is 0 Å². The molecule has 0 N–H and O–H groups in total. The Morgan fingerprint density at radius 3 is 2.62 bits per heavy atom. The molecule has 1 unspecified atom stereocenters. The van der Waals surface area contributed by atoms with E-state index in [1.165, 1.54) is 0 Å². The Morgan fingerprint density at radius 2 is 2.00 bits per heavy atom. The van der Waals surface area contributed by atoms with Crippen LogP contribution in [0.5, 0.6) is 0 Å². The maximum absolute atomic E-state index is 6.08. The summed E-state index contributed by atoms with van der Waals surface area (Å²) in [6.07, 6.45) is 3.50. The van der Waals surface area contributed by atoms with Gasteiger partial charge in [-0.1, -0.05) is 13.8 Å². The number of rotatable bonds is 1. The quantitative estimate of drug-likeness (QED) is 0.624. The molecule has 2 bridgehead atoms. The van der Waals surface area contributed by atoms with Crippen molar-refractivity contribution >= 4 is 0 Å². The molecule has 0 spiro atoms. The molecular weight excluding hydrogens is 164 g/mol. The number of ether oxygens (including phenoxy) is 2. The lowest BCUT2D eigenvalue weighted by atomic mass is 9.90. The van der Waals surface area contributed by atoms with Crippen LogP contribution in [0.4, 0.5) is 0 Å². The van der Waals surface area contributed by atoms with Crippen LogP contribution in [-0.4, -0.2) is 17.5 Å². The summed E-state index contributed by atoms with van der Waals surface area (Å²) in [6.45, 7) is 8.77. The van der Waals surface area contributed by atoms with Gasteiger partial charge in [-0.15, -0.1) is 0 Å². The Bertz CT molecular complexity index is 216. The predicted octanol–water partition coefficient (Wildman–Crippen LogP) is 2.72. The molecule has 2 heterocycles. The van der Waals surface area contributed by atoms with Gasteiger partial charge in [0, 0.05) is 12.3 Å². The molecule has 2 fully saturated rings. The van der Waals surface area contributed by atoms with Gasteiger partial charge in [-0.2, -0.15) is 0 Å². The zero-order valence-electron chi connectivity index (χ0n) is 9.09. The summed E-state index contributed by atoms with van der Waals surface area (Å²) in [6, 6.07) is 0. The van der Waals surface area contributed by atoms with E-state index in [9.17, 15) is 0 Å². The van der Waals surface area contributed by atoms with Gasteiger partial charge in [0.2, 0.25) is 0 Å². The fourth-order valence-corrected chi connectivity index (χ4v) is 3.12. The Hall–Kier alpha value is -0.0800. The highest BCUT2D eigenvalue weighted by Gasteiger charge is 2.56. The van der Waals surface area contributed by atoms with E-state index in [0.29, 0.717) is 12.0 Å². The molecule has 0 radical (unpaired) electrons. The van der Waals surface area contributed by atoms with E-state index in [-0.39, 0.29) is 11.4 Å². The molecule has 0 saturated carbocycles. The van der Waals surface area contributed by atoms with Crippen LogP contribution in [0, 0.1) is 5.92 Å². The van der Waals surface area contributed by atoms with Crippen LogP contribution in [0.1, 0.15) is 47.0 Å². The molecule has 2 aliphatic heterocycles. The zero-order valence-corrected chi connectivity index (χ0v) is 9.09. The first kappa shape index (κ1) is 9.47. The third-order valence-electron chi connectivity index (χ3n) is 3.52. The molecule has 2 aliphatic rings. The minimum atomic E-state index is -0.271. The molecule has 2 heteroatoms. The summed E-state index contributed by atoms with van der Waals surface area (Å²) in [5.41, 5.74) is 0.0765. The molecule has 13 heavy (non-hydrogen) atoms. The van der Waals surface area contributed by atoms with E-state index in [1.54, 1.807) is 0 Å². The van der Waals surface area contributed by atoms with E-state index in [4.69, 9.17) is 9.47 Å². The third kappa shape index (κ3) is 1.31. The summed E-state index contributed by atoms with van der Waals surface area (Å²) in [4.78, 5) is 0. The van der Waals surface area contributed by atoms with Crippen LogP contribution in [0.3, 0.4) is 0 Å². The standard InChI is InChI=1S/C11H20O2/c1-5-11-8(2)6-10(4,13-11)7-9(3)12-11/h8-9H,5-7H2,1-4H3/t8-,9?,10-,11-/m0/s1. The number of fused-ring (bicyclic) bond motifs is 2.